The zero-order chi connectivity index (χ0) is 24.1. The van der Waals surface area contributed by atoms with Gasteiger partial charge in [0.05, 0.1) is 18.8 Å². The van der Waals surface area contributed by atoms with Gasteiger partial charge in [0.1, 0.15) is 18.5 Å². The van der Waals surface area contributed by atoms with E-state index in [0.29, 0.717) is 6.42 Å². The van der Waals surface area contributed by atoms with Gasteiger partial charge in [0.25, 0.3) is 0 Å². The topological polar surface area (TPSA) is 77.5 Å². The molecule has 33 heavy (non-hydrogen) atoms. The predicted octanol–water partition coefficient (Wildman–Crippen LogP) is 4.52. The number of methoxy groups -OCH3 is 1. The van der Waals surface area contributed by atoms with Crippen LogP contribution in [0.2, 0.25) is 0 Å². The van der Waals surface area contributed by atoms with Crippen LogP contribution >= 0.6 is 0 Å². The van der Waals surface area contributed by atoms with Crippen molar-refractivity contribution in [2.24, 2.45) is 0 Å². The largest absolute Gasteiger partial charge is 0.497 e. The molecule has 0 saturated carbocycles. The standard InChI is InChI=1S/C26H35NO6/c1-19-23(33-25(2,3)32-19)26(4,15-16-28)27(17-20-11-13-22(30-5)14-12-20)24(29)31-18-21-9-7-6-8-10-21/h6-14,19,23,28H,15-18H2,1-5H3/t19?,23?,26-/m0/s1. The van der Waals surface area contributed by atoms with Gasteiger partial charge in [-0.2, -0.15) is 0 Å². The van der Waals surface area contributed by atoms with Crippen LogP contribution in [-0.4, -0.2) is 53.4 Å². The predicted molar refractivity (Wildman–Crippen MR) is 125 cm³/mol. The summed E-state index contributed by atoms with van der Waals surface area (Å²) in [7, 11) is 1.61. The lowest BCUT2D eigenvalue weighted by Gasteiger charge is -2.45. The number of hydrogen-bond donors (Lipinski definition) is 1. The van der Waals surface area contributed by atoms with Crippen molar-refractivity contribution in [2.45, 2.75) is 70.8 Å². The van der Waals surface area contributed by atoms with Gasteiger partial charge in [0, 0.05) is 13.2 Å². The molecule has 0 spiro atoms. The van der Waals surface area contributed by atoms with Crippen LogP contribution in [0.5, 0.6) is 5.75 Å². The molecule has 1 heterocycles. The fourth-order valence-corrected chi connectivity index (χ4v) is 4.39. The molecule has 0 radical (unpaired) electrons. The molecule has 180 valence electrons. The molecule has 2 aromatic rings. The summed E-state index contributed by atoms with van der Waals surface area (Å²) in [6.45, 7) is 7.86. The second-order valence-corrected chi connectivity index (χ2v) is 9.07. The van der Waals surface area contributed by atoms with Gasteiger partial charge in [0.2, 0.25) is 0 Å². The Kier molecular flexibility index (Phi) is 8.00. The van der Waals surface area contributed by atoms with E-state index in [-0.39, 0.29) is 25.9 Å². The molecule has 2 aromatic carbocycles. The molecule has 7 heteroatoms. The summed E-state index contributed by atoms with van der Waals surface area (Å²) in [4.78, 5) is 15.1. The molecule has 1 aliphatic rings. The third-order valence-electron chi connectivity index (χ3n) is 6.08. The van der Waals surface area contributed by atoms with E-state index in [0.717, 1.165) is 16.9 Å². The zero-order valence-corrected chi connectivity index (χ0v) is 20.1. The van der Waals surface area contributed by atoms with Crippen LogP contribution in [0.15, 0.2) is 54.6 Å². The molecule has 1 aliphatic heterocycles. The highest BCUT2D eigenvalue weighted by molar-refractivity contribution is 5.69. The second kappa shape index (κ2) is 10.5. The Morgan fingerprint density at radius 1 is 1.09 bits per heavy atom. The number of carbonyl (C=O) groups excluding carboxylic acids is 1. The molecule has 1 fully saturated rings. The zero-order valence-electron chi connectivity index (χ0n) is 20.1. The highest BCUT2D eigenvalue weighted by atomic mass is 16.8. The first kappa shape index (κ1) is 25.0. The lowest BCUT2D eigenvalue weighted by Crippen LogP contribution is -2.59. The van der Waals surface area contributed by atoms with Gasteiger partial charge < -0.3 is 24.1 Å². The highest BCUT2D eigenvalue weighted by Crippen LogP contribution is 2.39. The first-order valence-electron chi connectivity index (χ1n) is 11.3. The Morgan fingerprint density at radius 3 is 2.30 bits per heavy atom. The number of aliphatic hydroxyl groups excluding tert-OH is 1. The molecule has 3 rings (SSSR count). The van der Waals surface area contributed by atoms with Crippen molar-refractivity contribution >= 4 is 6.09 Å². The quantitative estimate of drug-likeness (QED) is 0.597. The third-order valence-corrected chi connectivity index (χ3v) is 6.08. The SMILES string of the molecule is COc1ccc(CN(C(=O)OCc2ccccc2)[C@@](C)(CCO)C2OC(C)(C)OC2C)cc1. The number of carbonyl (C=O) groups is 1. The lowest BCUT2D eigenvalue weighted by molar-refractivity contribution is -0.160. The fraction of sp³-hybridized carbons (Fsp3) is 0.500. The van der Waals surface area contributed by atoms with Crippen molar-refractivity contribution in [3.63, 3.8) is 0 Å². The third kappa shape index (κ3) is 6.05. The van der Waals surface area contributed by atoms with E-state index in [1.54, 1.807) is 12.0 Å². The van der Waals surface area contributed by atoms with Crippen molar-refractivity contribution in [2.75, 3.05) is 13.7 Å². The molecule has 0 bridgehead atoms. The van der Waals surface area contributed by atoms with Crippen molar-refractivity contribution in [1.82, 2.24) is 4.90 Å². The van der Waals surface area contributed by atoms with Crippen molar-refractivity contribution in [3.8, 4) is 5.75 Å². The minimum Gasteiger partial charge on any atom is -0.497 e. The van der Waals surface area contributed by atoms with E-state index in [2.05, 4.69) is 0 Å². The van der Waals surface area contributed by atoms with Crippen LogP contribution in [0.4, 0.5) is 4.79 Å². The van der Waals surface area contributed by atoms with Crippen LogP contribution in [0.1, 0.15) is 45.2 Å². The van der Waals surface area contributed by atoms with Gasteiger partial charge in [0.15, 0.2) is 5.79 Å². The summed E-state index contributed by atoms with van der Waals surface area (Å²) in [6, 6.07) is 17.1. The Morgan fingerprint density at radius 2 is 1.76 bits per heavy atom. The van der Waals surface area contributed by atoms with Gasteiger partial charge in [-0.25, -0.2) is 4.79 Å². The van der Waals surface area contributed by atoms with Crippen LogP contribution in [0.3, 0.4) is 0 Å². The number of ether oxygens (including phenoxy) is 4. The molecule has 1 saturated heterocycles. The first-order chi connectivity index (χ1) is 15.7. The smallest absolute Gasteiger partial charge is 0.410 e. The normalized spacial score (nSPS) is 21.3. The number of nitrogens with zero attached hydrogens (tertiary/aromatic N) is 1. The summed E-state index contributed by atoms with van der Waals surface area (Å²) >= 11 is 0. The number of rotatable bonds is 9. The van der Waals surface area contributed by atoms with E-state index in [1.807, 2.05) is 82.3 Å². The van der Waals surface area contributed by atoms with Crippen LogP contribution in [-0.2, 0) is 27.4 Å². The molecule has 2 unspecified atom stereocenters. The molecule has 1 amide bonds. The van der Waals surface area contributed by atoms with E-state index >= 15 is 0 Å². The minimum absolute atomic E-state index is 0.116. The Hall–Kier alpha value is -2.61. The van der Waals surface area contributed by atoms with E-state index in [4.69, 9.17) is 18.9 Å². The van der Waals surface area contributed by atoms with Crippen molar-refractivity contribution < 1.29 is 28.8 Å². The number of benzene rings is 2. The molecular formula is C26H35NO6. The number of hydrogen-bond acceptors (Lipinski definition) is 6. The molecule has 0 aromatic heterocycles. The molecule has 3 atom stereocenters. The Labute approximate surface area is 196 Å². The minimum atomic E-state index is -0.879. The van der Waals surface area contributed by atoms with Gasteiger partial charge >= 0.3 is 6.09 Å². The molecule has 1 N–H and O–H groups in total. The first-order valence-corrected chi connectivity index (χ1v) is 11.3. The summed E-state index contributed by atoms with van der Waals surface area (Å²) in [6.07, 6.45) is -0.914. The van der Waals surface area contributed by atoms with Gasteiger partial charge in [-0.15, -0.1) is 0 Å². The average Bonchev–Trinajstić information content (AvgIpc) is 3.09. The fourth-order valence-electron chi connectivity index (χ4n) is 4.39. The lowest BCUT2D eigenvalue weighted by atomic mass is 9.86. The monoisotopic (exact) mass is 457 g/mol. The Bertz CT molecular complexity index is 901. The summed E-state index contributed by atoms with van der Waals surface area (Å²) in [5.74, 6) is -0.0569. The number of aliphatic hydroxyl groups is 1. The molecule has 7 nitrogen and oxygen atoms in total. The summed E-state index contributed by atoms with van der Waals surface area (Å²) < 4.78 is 23.2. The Balaban J connectivity index is 1.92. The summed E-state index contributed by atoms with van der Waals surface area (Å²) in [5, 5.41) is 9.96. The number of amides is 1. The van der Waals surface area contributed by atoms with E-state index in [9.17, 15) is 9.90 Å². The van der Waals surface area contributed by atoms with Crippen LogP contribution < -0.4 is 4.74 Å². The van der Waals surface area contributed by atoms with E-state index in [1.165, 1.54) is 0 Å². The summed E-state index contributed by atoms with van der Waals surface area (Å²) in [5.41, 5.74) is 0.923. The van der Waals surface area contributed by atoms with Gasteiger partial charge in [-0.1, -0.05) is 42.5 Å². The molecular weight excluding hydrogens is 422 g/mol. The average molecular weight is 458 g/mol. The maximum atomic E-state index is 13.5. The maximum absolute atomic E-state index is 13.5. The maximum Gasteiger partial charge on any atom is 0.410 e. The van der Waals surface area contributed by atoms with Crippen LogP contribution in [0, 0.1) is 0 Å². The highest BCUT2D eigenvalue weighted by Gasteiger charge is 2.52. The van der Waals surface area contributed by atoms with Crippen molar-refractivity contribution in [1.29, 1.82) is 0 Å². The van der Waals surface area contributed by atoms with Gasteiger partial charge in [-0.3, -0.25) is 4.90 Å². The van der Waals surface area contributed by atoms with E-state index < -0.39 is 23.5 Å². The van der Waals surface area contributed by atoms with Crippen LogP contribution in [0.25, 0.3) is 0 Å². The molecule has 0 aliphatic carbocycles. The van der Waals surface area contributed by atoms with Crippen molar-refractivity contribution in [3.05, 3.63) is 65.7 Å². The second-order valence-electron chi connectivity index (χ2n) is 9.07. The van der Waals surface area contributed by atoms with Gasteiger partial charge in [-0.05, 0) is 57.4 Å².